The molecule has 100 valence electrons. The van der Waals surface area contributed by atoms with Gasteiger partial charge in [-0.1, -0.05) is 30.3 Å². The van der Waals surface area contributed by atoms with Gasteiger partial charge in [0.15, 0.2) is 0 Å². The summed E-state index contributed by atoms with van der Waals surface area (Å²) in [6.45, 7) is 0.663. The molecule has 0 aliphatic heterocycles. The molecule has 0 aliphatic carbocycles. The number of nitrogens with one attached hydrogen (secondary N) is 1. The van der Waals surface area contributed by atoms with Crippen molar-refractivity contribution in [3.63, 3.8) is 0 Å². The van der Waals surface area contributed by atoms with Gasteiger partial charge in [-0.2, -0.15) is 5.10 Å². The maximum absolute atomic E-state index is 4.53. The minimum atomic E-state index is 0.663. The van der Waals surface area contributed by atoms with Crippen molar-refractivity contribution in [1.82, 2.24) is 19.7 Å². The summed E-state index contributed by atoms with van der Waals surface area (Å²) in [6.07, 6.45) is 7.05. The summed E-state index contributed by atoms with van der Waals surface area (Å²) in [4.78, 5) is 8.24. The Bertz CT molecular complexity index is 676. The van der Waals surface area contributed by atoms with Crippen LogP contribution < -0.4 is 5.32 Å². The van der Waals surface area contributed by atoms with Gasteiger partial charge in [0.25, 0.3) is 0 Å². The standard InChI is InChI=1S/C15H15N5/c1-20-11-13(9-18-14-10-16-7-8-17-14)15(19-20)12-5-3-2-4-6-12/h2-8,10-11H,9H2,1H3,(H,17,18). The Balaban J connectivity index is 1.84. The van der Waals surface area contributed by atoms with E-state index in [1.807, 2.05) is 36.1 Å². The maximum Gasteiger partial charge on any atom is 0.144 e. The van der Waals surface area contributed by atoms with E-state index >= 15 is 0 Å². The summed E-state index contributed by atoms with van der Waals surface area (Å²) in [6, 6.07) is 10.2. The molecule has 0 spiro atoms. The first kappa shape index (κ1) is 12.3. The highest BCUT2D eigenvalue weighted by Crippen LogP contribution is 2.22. The van der Waals surface area contributed by atoms with Crippen LogP contribution in [0.15, 0.2) is 55.1 Å². The fourth-order valence-electron chi connectivity index (χ4n) is 2.08. The van der Waals surface area contributed by atoms with Crippen molar-refractivity contribution < 1.29 is 0 Å². The molecule has 0 radical (unpaired) electrons. The highest BCUT2D eigenvalue weighted by Gasteiger charge is 2.09. The van der Waals surface area contributed by atoms with E-state index in [4.69, 9.17) is 0 Å². The Morgan fingerprint density at radius 2 is 2.00 bits per heavy atom. The summed E-state index contributed by atoms with van der Waals surface area (Å²) in [5.74, 6) is 0.760. The number of aromatic nitrogens is 4. The van der Waals surface area contributed by atoms with Crippen LogP contribution in [0.25, 0.3) is 11.3 Å². The van der Waals surface area contributed by atoms with Crippen LogP contribution in [0.5, 0.6) is 0 Å². The number of hydrogen-bond acceptors (Lipinski definition) is 4. The molecule has 3 aromatic rings. The predicted octanol–water partition coefficient (Wildman–Crippen LogP) is 2.49. The molecule has 1 aromatic carbocycles. The number of aryl methyl sites for hydroxylation is 1. The molecule has 0 atom stereocenters. The summed E-state index contributed by atoms with van der Waals surface area (Å²) in [5, 5.41) is 7.79. The molecule has 0 bridgehead atoms. The summed E-state index contributed by atoms with van der Waals surface area (Å²) in [7, 11) is 1.93. The Morgan fingerprint density at radius 3 is 2.75 bits per heavy atom. The maximum atomic E-state index is 4.53. The fourth-order valence-corrected chi connectivity index (χ4v) is 2.08. The van der Waals surface area contributed by atoms with Crippen molar-refractivity contribution in [3.05, 3.63) is 60.7 Å². The normalized spacial score (nSPS) is 10.4. The zero-order valence-electron chi connectivity index (χ0n) is 11.2. The first-order valence-corrected chi connectivity index (χ1v) is 6.41. The Kier molecular flexibility index (Phi) is 3.41. The highest BCUT2D eigenvalue weighted by atomic mass is 15.3. The zero-order chi connectivity index (χ0) is 13.8. The van der Waals surface area contributed by atoms with Crippen LogP contribution >= 0.6 is 0 Å². The average molecular weight is 265 g/mol. The monoisotopic (exact) mass is 265 g/mol. The molecule has 0 saturated heterocycles. The molecule has 5 nitrogen and oxygen atoms in total. The number of nitrogens with zero attached hydrogens (tertiary/aromatic N) is 4. The van der Waals surface area contributed by atoms with Gasteiger partial charge in [0.1, 0.15) is 5.82 Å². The summed E-state index contributed by atoms with van der Waals surface area (Å²) >= 11 is 0. The number of hydrogen-bond donors (Lipinski definition) is 1. The van der Waals surface area contributed by atoms with Crippen molar-refractivity contribution in [1.29, 1.82) is 0 Å². The Morgan fingerprint density at radius 1 is 1.15 bits per heavy atom. The lowest BCUT2D eigenvalue weighted by atomic mass is 10.1. The van der Waals surface area contributed by atoms with E-state index in [-0.39, 0.29) is 0 Å². The second-order valence-electron chi connectivity index (χ2n) is 4.49. The first-order chi connectivity index (χ1) is 9.83. The van der Waals surface area contributed by atoms with Gasteiger partial charge < -0.3 is 5.32 Å². The number of anilines is 1. The van der Waals surface area contributed by atoms with Gasteiger partial charge in [-0.05, 0) is 0 Å². The van der Waals surface area contributed by atoms with E-state index in [1.165, 1.54) is 0 Å². The topological polar surface area (TPSA) is 55.6 Å². The smallest absolute Gasteiger partial charge is 0.144 e. The Labute approximate surface area is 117 Å². The highest BCUT2D eigenvalue weighted by molar-refractivity contribution is 5.63. The predicted molar refractivity (Wildman–Crippen MR) is 78.0 cm³/mol. The molecular weight excluding hydrogens is 250 g/mol. The number of benzene rings is 1. The quantitative estimate of drug-likeness (QED) is 0.787. The van der Waals surface area contributed by atoms with E-state index in [1.54, 1.807) is 18.6 Å². The van der Waals surface area contributed by atoms with E-state index in [0.29, 0.717) is 6.54 Å². The number of rotatable bonds is 4. The molecule has 2 aromatic heterocycles. The molecular formula is C15H15N5. The third-order valence-electron chi connectivity index (χ3n) is 2.97. The van der Waals surface area contributed by atoms with Crippen molar-refractivity contribution in [3.8, 4) is 11.3 Å². The molecule has 3 rings (SSSR count). The van der Waals surface area contributed by atoms with Crippen LogP contribution in [0.1, 0.15) is 5.56 Å². The van der Waals surface area contributed by atoms with Gasteiger partial charge in [0.05, 0.1) is 11.9 Å². The van der Waals surface area contributed by atoms with Crippen LogP contribution in [0.2, 0.25) is 0 Å². The molecule has 5 heteroatoms. The van der Waals surface area contributed by atoms with Crippen LogP contribution in [0.3, 0.4) is 0 Å². The second-order valence-corrected chi connectivity index (χ2v) is 4.49. The van der Waals surface area contributed by atoms with Gasteiger partial charge >= 0.3 is 0 Å². The fraction of sp³-hybridized carbons (Fsp3) is 0.133. The van der Waals surface area contributed by atoms with Crippen LogP contribution in [0, 0.1) is 0 Å². The second kappa shape index (κ2) is 5.52. The molecule has 1 N–H and O–H groups in total. The summed E-state index contributed by atoms with van der Waals surface area (Å²) in [5.41, 5.74) is 3.23. The van der Waals surface area contributed by atoms with Crippen molar-refractivity contribution >= 4 is 5.82 Å². The molecule has 2 heterocycles. The minimum absolute atomic E-state index is 0.663. The SMILES string of the molecule is Cn1cc(CNc2cnccn2)c(-c2ccccc2)n1. The van der Waals surface area contributed by atoms with Gasteiger partial charge in [0.2, 0.25) is 0 Å². The molecule has 20 heavy (non-hydrogen) atoms. The van der Waals surface area contributed by atoms with Gasteiger partial charge in [0, 0.05) is 43.3 Å². The molecule has 0 amide bonds. The lowest BCUT2D eigenvalue weighted by Crippen LogP contribution is -2.01. The molecule has 0 aliphatic rings. The van der Waals surface area contributed by atoms with Gasteiger partial charge in [-0.15, -0.1) is 0 Å². The van der Waals surface area contributed by atoms with E-state index in [2.05, 4.69) is 32.5 Å². The Hall–Kier alpha value is -2.69. The van der Waals surface area contributed by atoms with Crippen LogP contribution in [0.4, 0.5) is 5.82 Å². The third-order valence-corrected chi connectivity index (χ3v) is 2.97. The van der Waals surface area contributed by atoms with Crippen molar-refractivity contribution in [2.75, 3.05) is 5.32 Å². The van der Waals surface area contributed by atoms with Crippen LogP contribution in [-0.4, -0.2) is 19.7 Å². The lowest BCUT2D eigenvalue weighted by Gasteiger charge is -2.05. The average Bonchev–Trinajstić information content (AvgIpc) is 2.88. The third kappa shape index (κ3) is 2.66. The summed E-state index contributed by atoms with van der Waals surface area (Å²) < 4.78 is 1.83. The van der Waals surface area contributed by atoms with Crippen LogP contribution in [-0.2, 0) is 13.6 Å². The van der Waals surface area contributed by atoms with E-state index < -0.39 is 0 Å². The molecule has 0 saturated carbocycles. The minimum Gasteiger partial charge on any atom is -0.365 e. The largest absolute Gasteiger partial charge is 0.365 e. The lowest BCUT2D eigenvalue weighted by molar-refractivity contribution is 0.770. The van der Waals surface area contributed by atoms with Gasteiger partial charge in [-0.3, -0.25) is 9.67 Å². The van der Waals surface area contributed by atoms with Crippen molar-refractivity contribution in [2.24, 2.45) is 7.05 Å². The molecule has 0 unspecified atom stereocenters. The molecule has 0 fully saturated rings. The van der Waals surface area contributed by atoms with E-state index in [0.717, 1.165) is 22.6 Å². The first-order valence-electron chi connectivity index (χ1n) is 6.41. The van der Waals surface area contributed by atoms with Crippen molar-refractivity contribution in [2.45, 2.75) is 6.54 Å². The zero-order valence-corrected chi connectivity index (χ0v) is 11.2. The van der Waals surface area contributed by atoms with E-state index in [9.17, 15) is 0 Å². The van der Waals surface area contributed by atoms with Gasteiger partial charge in [-0.25, -0.2) is 4.98 Å².